The first-order valence-corrected chi connectivity index (χ1v) is 9.90. The van der Waals surface area contributed by atoms with Crippen LogP contribution in [0.5, 0.6) is 0 Å². The molecule has 0 aromatic heterocycles. The van der Waals surface area contributed by atoms with E-state index in [-0.39, 0.29) is 5.92 Å². The zero-order valence-electron chi connectivity index (χ0n) is 15.4. The lowest BCUT2D eigenvalue weighted by atomic mass is 9.67. The zero-order chi connectivity index (χ0) is 20.6. The number of hydrogen-bond donors (Lipinski definition) is 1. The Labute approximate surface area is 158 Å². The number of aliphatic hydroxyl groups is 1. The van der Waals surface area contributed by atoms with Gasteiger partial charge in [0.25, 0.3) is 5.60 Å². The van der Waals surface area contributed by atoms with Crippen molar-refractivity contribution in [2.75, 3.05) is 0 Å². The molecule has 9 heteroatoms. The Morgan fingerprint density at radius 2 is 1.54 bits per heavy atom. The second kappa shape index (κ2) is 6.25. The van der Waals surface area contributed by atoms with E-state index in [0.717, 1.165) is 25.7 Å². The van der Waals surface area contributed by atoms with Gasteiger partial charge in [-0.1, -0.05) is 0 Å². The van der Waals surface area contributed by atoms with E-state index < -0.39 is 42.4 Å². The lowest BCUT2D eigenvalue weighted by Crippen LogP contribution is -2.58. The van der Waals surface area contributed by atoms with Crippen LogP contribution >= 0.6 is 0 Å². The maximum absolute atomic E-state index is 12.8. The average molecular weight is 414 g/mol. The van der Waals surface area contributed by atoms with Gasteiger partial charge in [0.15, 0.2) is 0 Å². The quantitative estimate of drug-likeness (QED) is 0.419. The Morgan fingerprint density at radius 3 is 2.11 bits per heavy atom. The van der Waals surface area contributed by atoms with E-state index in [9.17, 15) is 36.2 Å². The minimum atomic E-state index is -5.91. The van der Waals surface area contributed by atoms with Crippen LogP contribution in [-0.2, 0) is 9.53 Å². The molecule has 4 bridgehead atoms. The van der Waals surface area contributed by atoms with Gasteiger partial charge in [-0.15, -0.1) is 0 Å². The van der Waals surface area contributed by atoms with Gasteiger partial charge in [0, 0.05) is 6.42 Å². The average Bonchev–Trinajstić information content (AvgIpc) is 3.30. The fourth-order valence-electron chi connectivity index (χ4n) is 6.97. The number of hydrogen-bond acceptors (Lipinski definition) is 3. The van der Waals surface area contributed by atoms with Crippen molar-refractivity contribution in [2.45, 2.75) is 69.5 Å². The topological polar surface area (TPSA) is 46.5 Å². The molecule has 28 heavy (non-hydrogen) atoms. The van der Waals surface area contributed by atoms with Crippen LogP contribution in [-0.4, -0.2) is 35.1 Å². The summed E-state index contributed by atoms with van der Waals surface area (Å²) in [6, 6.07) is 0. The Balaban J connectivity index is 1.41. The molecule has 0 aromatic rings. The van der Waals surface area contributed by atoms with Crippen molar-refractivity contribution in [1.82, 2.24) is 0 Å². The fraction of sp³-hybridized carbons (Fsp3) is 0.947. The monoisotopic (exact) mass is 414 g/mol. The van der Waals surface area contributed by atoms with E-state index >= 15 is 0 Å². The van der Waals surface area contributed by atoms with Crippen molar-refractivity contribution in [3.05, 3.63) is 0 Å². The van der Waals surface area contributed by atoms with Crippen LogP contribution in [0.2, 0.25) is 0 Å². The molecule has 1 N–H and O–H groups in total. The molecule has 4 saturated carbocycles. The highest BCUT2D eigenvalue weighted by molar-refractivity contribution is 5.74. The Hall–Kier alpha value is -0.990. The third-order valence-electron chi connectivity index (χ3n) is 7.87. The summed E-state index contributed by atoms with van der Waals surface area (Å²) in [4.78, 5) is 12.6. The molecule has 4 aliphatic rings. The van der Waals surface area contributed by atoms with Gasteiger partial charge in [0.2, 0.25) is 0 Å². The van der Waals surface area contributed by atoms with Crippen LogP contribution in [0.15, 0.2) is 0 Å². The molecule has 4 aliphatic carbocycles. The second-order valence-electron chi connectivity index (χ2n) is 9.30. The molecule has 4 fully saturated rings. The van der Waals surface area contributed by atoms with E-state index in [4.69, 9.17) is 4.74 Å². The number of carbonyl (C=O) groups excluding carboxylic acids is 1. The van der Waals surface area contributed by atoms with Crippen molar-refractivity contribution in [3.8, 4) is 0 Å². The first-order valence-electron chi connectivity index (χ1n) is 9.90. The van der Waals surface area contributed by atoms with Gasteiger partial charge in [-0.05, 0) is 74.5 Å². The van der Waals surface area contributed by atoms with Crippen molar-refractivity contribution in [2.24, 2.45) is 41.4 Å². The normalized spacial score (nSPS) is 40.6. The van der Waals surface area contributed by atoms with Crippen molar-refractivity contribution in [1.29, 1.82) is 0 Å². The van der Waals surface area contributed by atoms with E-state index in [1.54, 1.807) is 0 Å². The third-order valence-corrected chi connectivity index (χ3v) is 7.87. The smallest absolute Gasteiger partial charge is 0.426 e. The van der Waals surface area contributed by atoms with Gasteiger partial charge < -0.3 is 9.84 Å². The molecule has 0 spiro atoms. The van der Waals surface area contributed by atoms with Crippen LogP contribution in [0, 0.1) is 41.4 Å². The minimum Gasteiger partial charge on any atom is -0.462 e. The van der Waals surface area contributed by atoms with Crippen LogP contribution in [0.1, 0.15) is 45.4 Å². The molecule has 0 amide bonds. The van der Waals surface area contributed by atoms with E-state index in [2.05, 4.69) is 0 Å². The third kappa shape index (κ3) is 2.86. The number of rotatable bonds is 4. The van der Waals surface area contributed by atoms with E-state index in [1.165, 1.54) is 12.8 Å². The lowest BCUT2D eigenvalue weighted by molar-refractivity contribution is -0.373. The molecular formula is C19H24F6O3. The van der Waals surface area contributed by atoms with E-state index in [0.29, 0.717) is 30.1 Å². The van der Waals surface area contributed by atoms with Crippen LogP contribution in [0.25, 0.3) is 0 Å². The number of fused-ring (bicyclic) bond motifs is 9. The summed E-state index contributed by atoms with van der Waals surface area (Å²) < 4.78 is 82.1. The van der Waals surface area contributed by atoms with Gasteiger partial charge in [0.05, 0.1) is 5.92 Å². The molecule has 8 atom stereocenters. The second-order valence-corrected chi connectivity index (χ2v) is 9.30. The SMILES string of the molecule is CC(CC(O)(C(F)(F)F)C(F)(F)F)OC(=O)C1CC2CC1C1C3CCC(C3)C21. The van der Waals surface area contributed by atoms with Gasteiger partial charge >= 0.3 is 18.3 Å². The summed E-state index contributed by atoms with van der Waals surface area (Å²) in [5.74, 6) is 1.78. The van der Waals surface area contributed by atoms with Gasteiger partial charge in [0.1, 0.15) is 6.10 Å². The molecule has 4 rings (SSSR count). The maximum Gasteiger partial charge on any atom is 0.426 e. The highest BCUT2D eigenvalue weighted by Crippen LogP contribution is 2.68. The molecule has 8 unspecified atom stereocenters. The Bertz CT molecular complexity index is 631. The van der Waals surface area contributed by atoms with Crippen molar-refractivity contribution in [3.63, 3.8) is 0 Å². The van der Waals surface area contributed by atoms with Crippen molar-refractivity contribution < 1.29 is 41.0 Å². The summed E-state index contributed by atoms with van der Waals surface area (Å²) >= 11 is 0. The fourth-order valence-corrected chi connectivity index (χ4v) is 6.97. The molecule has 3 nitrogen and oxygen atoms in total. The van der Waals surface area contributed by atoms with Gasteiger partial charge in [-0.2, -0.15) is 26.3 Å². The predicted octanol–water partition coefficient (Wildman–Crippen LogP) is 4.48. The summed E-state index contributed by atoms with van der Waals surface area (Å²) in [5, 5.41) is 9.29. The molecule has 0 saturated heterocycles. The summed E-state index contributed by atoms with van der Waals surface area (Å²) in [5.41, 5.74) is -4.90. The molecule has 0 aromatic carbocycles. The highest BCUT2D eigenvalue weighted by Gasteiger charge is 2.71. The predicted molar refractivity (Wildman–Crippen MR) is 84.7 cm³/mol. The summed E-state index contributed by atoms with van der Waals surface area (Å²) in [6.45, 7) is 0.966. The summed E-state index contributed by atoms with van der Waals surface area (Å²) in [7, 11) is 0. The molecule has 160 valence electrons. The highest BCUT2D eigenvalue weighted by atomic mass is 19.4. The van der Waals surface area contributed by atoms with Crippen molar-refractivity contribution >= 4 is 5.97 Å². The number of alkyl halides is 6. The number of halogens is 6. The molecule has 0 heterocycles. The van der Waals surface area contributed by atoms with Gasteiger partial charge in [-0.25, -0.2) is 0 Å². The first kappa shape index (κ1) is 20.3. The molecular weight excluding hydrogens is 390 g/mol. The maximum atomic E-state index is 12.8. The van der Waals surface area contributed by atoms with Crippen LogP contribution in [0.4, 0.5) is 26.3 Å². The van der Waals surface area contributed by atoms with Crippen LogP contribution < -0.4 is 0 Å². The minimum absolute atomic E-state index is 0.133. The Kier molecular flexibility index (Phi) is 4.53. The van der Waals surface area contributed by atoms with E-state index in [1.807, 2.05) is 0 Å². The standard InChI is InChI=1S/C19H24F6O3/c1-8(7-17(27,18(20,21)22)19(23,24)25)28-16(26)13-6-11-5-12(13)15-10-3-2-9(4-10)14(11)15/h8-15,27H,2-7H2,1H3. The Morgan fingerprint density at radius 1 is 0.964 bits per heavy atom. The largest absolute Gasteiger partial charge is 0.462 e. The molecule has 0 aliphatic heterocycles. The number of carbonyl (C=O) groups is 1. The number of esters is 1. The first-order chi connectivity index (χ1) is 12.8. The molecule has 0 radical (unpaired) electrons. The summed E-state index contributed by atoms with van der Waals surface area (Å²) in [6.07, 6.45) is -10.2. The number of ether oxygens (including phenoxy) is 1. The lowest BCUT2D eigenvalue weighted by Gasteiger charge is -2.38. The zero-order valence-corrected chi connectivity index (χ0v) is 15.4. The van der Waals surface area contributed by atoms with Gasteiger partial charge in [-0.3, -0.25) is 4.79 Å². The van der Waals surface area contributed by atoms with Crippen LogP contribution in [0.3, 0.4) is 0 Å².